The van der Waals surface area contributed by atoms with Gasteiger partial charge in [-0.15, -0.1) is 0 Å². The molecule has 2 aromatic heterocycles. The molecular formula is C58H45N3. The Labute approximate surface area is 357 Å². The fourth-order valence-corrected chi connectivity index (χ4v) is 9.17. The molecule has 0 bridgehead atoms. The molecule has 0 saturated heterocycles. The molecule has 0 aliphatic carbocycles. The van der Waals surface area contributed by atoms with Gasteiger partial charge in [-0.05, 0) is 134 Å². The van der Waals surface area contributed by atoms with Gasteiger partial charge in [0.1, 0.15) is 0 Å². The molecule has 292 valence electrons. The second kappa shape index (κ2) is 14.9. The highest BCUT2D eigenvalue weighted by molar-refractivity contribution is 6.11. The zero-order valence-electron chi connectivity index (χ0n) is 34.7. The predicted octanol–water partition coefficient (Wildman–Crippen LogP) is 15.7. The third-order valence-electron chi connectivity index (χ3n) is 12.4. The van der Waals surface area contributed by atoms with Crippen LogP contribution in [0, 0.1) is 20.8 Å². The number of anilines is 3. The number of para-hydroxylation sites is 2. The van der Waals surface area contributed by atoms with Crippen molar-refractivity contribution < 1.29 is 0 Å². The van der Waals surface area contributed by atoms with Crippen molar-refractivity contribution in [3.8, 4) is 27.9 Å². The molecule has 0 radical (unpaired) electrons. The maximum Gasteiger partial charge on any atom is 0.0541 e. The Balaban J connectivity index is 1.04. The number of nitrogens with zero attached hydrogens (tertiary/aromatic N) is 3. The quantitative estimate of drug-likeness (QED) is 0.150. The summed E-state index contributed by atoms with van der Waals surface area (Å²) in [5, 5.41) is 5.07. The van der Waals surface area contributed by atoms with Crippen LogP contribution in [-0.2, 0) is 6.54 Å². The second-order valence-electron chi connectivity index (χ2n) is 16.5. The summed E-state index contributed by atoms with van der Waals surface area (Å²) in [5.74, 6) is 0. The molecule has 0 saturated carbocycles. The van der Waals surface area contributed by atoms with Crippen molar-refractivity contribution in [3.63, 3.8) is 0 Å². The Morgan fingerprint density at radius 2 is 0.754 bits per heavy atom. The Morgan fingerprint density at radius 1 is 0.344 bits per heavy atom. The minimum absolute atomic E-state index is 0.777. The van der Waals surface area contributed by atoms with Crippen LogP contribution in [0.3, 0.4) is 0 Å². The van der Waals surface area contributed by atoms with Crippen LogP contribution in [0.15, 0.2) is 206 Å². The number of fused-ring (bicyclic) bond motifs is 6. The van der Waals surface area contributed by atoms with Crippen LogP contribution in [0.1, 0.15) is 22.3 Å². The molecule has 61 heavy (non-hydrogen) atoms. The molecule has 0 fully saturated rings. The molecule has 2 heterocycles. The second-order valence-corrected chi connectivity index (χ2v) is 16.5. The molecule has 0 unspecified atom stereocenters. The SMILES string of the molecule is Cc1ccc(-c2ccc(-c3ccc4c(c3)c3cc(Cn5c6ccccc6c6ccccc65)ccc3n4-c3ccc(N(c4ccc(C)cc4)c4ccc(C)cc4)cc3)cc2)cc1. The van der Waals surface area contributed by atoms with Crippen molar-refractivity contribution in [2.75, 3.05) is 4.90 Å². The van der Waals surface area contributed by atoms with Crippen LogP contribution in [0.4, 0.5) is 17.1 Å². The third kappa shape index (κ3) is 6.56. The molecule has 3 nitrogen and oxygen atoms in total. The summed E-state index contributed by atoms with van der Waals surface area (Å²) in [6.45, 7) is 7.19. The molecule has 0 atom stereocenters. The molecule has 3 heteroatoms. The van der Waals surface area contributed by atoms with Crippen LogP contribution >= 0.6 is 0 Å². The lowest BCUT2D eigenvalue weighted by molar-refractivity contribution is 0.870. The van der Waals surface area contributed by atoms with E-state index in [1.807, 2.05) is 0 Å². The van der Waals surface area contributed by atoms with E-state index in [0.717, 1.165) is 29.3 Å². The van der Waals surface area contributed by atoms with Gasteiger partial charge in [0.2, 0.25) is 0 Å². The first kappa shape index (κ1) is 36.5. The summed E-state index contributed by atoms with van der Waals surface area (Å²) < 4.78 is 4.91. The monoisotopic (exact) mass is 783 g/mol. The van der Waals surface area contributed by atoms with Gasteiger partial charge in [-0.3, -0.25) is 0 Å². The van der Waals surface area contributed by atoms with Crippen LogP contribution in [0.2, 0.25) is 0 Å². The van der Waals surface area contributed by atoms with Gasteiger partial charge >= 0.3 is 0 Å². The first-order valence-electron chi connectivity index (χ1n) is 21.2. The zero-order valence-corrected chi connectivity index (χ0v) is 34.7. The van der Waals surface area contributed by atoms with Gasteiger partial charge in [-0.25, -0.2) is 0 Å². The minimum Gasteiger partial charge on any atom is -0.336 e. The van der Waals surface area contributed by atoms with E-state index in [9.17, 15) is 0 Å². The standard InChI is InChI=1S/C58H45N3/c1-39-12-19-43(20-13-39)44-21-23-45(24-22-44)46-25-35-58-54(37-46)53-36-42(38-59-55-10-6-4-8-51(55)52-9-5-7-11-56(52)59)18-34-57(53)61(58)50-32-30-49(31-33-50)60(47-26-14-40(2)15-27-47)48-28-16-41(3)17-29-48/h4-37H,38H2,1-3H3. The van der Waals surface area contributed by atoms with Crippen molar-refractivity contribution in [2.45, 2.75) is 27.3 Å². The summed E-state index contributed by atoms with van der Waals surface area (Å²) in [6.07, 6.45) is 0. The van der Waals surface area contributed by atoms with E-state index in [0.29, 0.717) is 0 Å². The lowest BCUT2D eigenvalue weighted by atomic mass is 9.98. The average molecular weight is 784 g/mol. The summed E-state index contributed by atoms with van der Waals surface area (Å²) >= 11 is 0. The normalized spacial score (nSPS) is 11.6. The third-order valence-corrected chi connectivity index (χ3v) is 12.4. The maximum atomic E-state index is 2.47. The lowest BCUT2D eigenvalue weighted by Crippen LogP contribution is -2.10. The summed E-state index contributed by atoms with van der Waals surface area (Å²) in [4.78, 5) is 2.34. The van der Waals surface area contributed by atoms with Gasteiger partial charge in [0.05, 0.1) is 11.0 Å². The topological polar surface area (TPSA) is 13.1 Å². The van der Waals surface area contributed by atoms with Crippen molar-refractivity contribution in [2.24, 2.45) is 0 Å². The van der Waals surface area contributed by atoms with E-state index in [-0.39, 0.29) is 0 Å². The number of rotatable bonds is 8. The van der Waals surface area contributed by atoms with Crippen molar-refractivity contribution >= 4 is 60.7 Å². The summed E-state index contributed by atoms with van der Waals surface area (Å²) in [7, 11) is 0. The van der Waals surface area contributed by atoms with Crippen molar-refractivity contribution in [3.05, 3.63) is 229 Å². The van der Waals surface area contributed by atoms with Gasteiger partial charge in [0.15, 0.2) is 0 Å². The Kier molecular flexibility index (Phi) is 8.90. The number of hydrogen-bond donors (Lipinski definition) is 0. The first-order valence-corrected chi connectivity index (χ1v) is 21.2. The van der Waals surface area contributed by atoms with Gasteiger partial charge in [0.25, 0.3) is 0 Å². The molecule has 0 aliphatic rings. The van der Waals surface area contributed by atoms with Crippen molar-refractivity contribution in [1.29, 1.82) is 0 Å². The largest absolute Gasteiger partial charge is 0.336 e. The lowest BCUT2D eigenvalue weighted by Gasteiger charge is -2.26. The molecule has 0 spiro atoms. The number of hydrogen-bond acceptors (Lipinski definition) is 1. The van der Waals surface area contributed by atoms with Gasteiger partial charge in [-0.2, -0.15) is 0 Å². The van der Waals surface area contributed by atoms with Gasteiger partial charge < -0.3 is 14.0 Å². The van der Waals surface area contributed by atoms with Crippen molar-refractivity contribution in [1.82, 2.24) is 9.13 Å². The number of aryl methyl sites for hydroxylation is 3. The molecule has 0 aliphatic heterocycles. The molecule has 0 amide bonds. The molecule has 0 N–H and O–H groups in total. The number of benzene rings is 9. The fourth-order valence-electron chi connectivity index (χ4n) is 9.17. The fraction of sp³-hybridized carbons (Fsp3) is 0.0690. The van der Waals surface area contributed by atoms with Crippen LogP contribution in [-0.4, -0.2) is 9.13 Å². The summed E-state index contributed by atoms with van der Waals surface area (Å²) in [6, 6.07) is 76.0. The minimum atomic E-state index is 0.777. The van der Waals surface area contributed by atoms with Gasteiger partial charge in [-0.1, -0.05) is 138 Å². The Hall–Kier alpha value is -7.62. The van der Waals surface area contributed by atoms with E-state index in [1.165, 1.54) is 88.1 Å². The first-order chi connectivity index (χ1) is 29.9. The van der Waals surface area contributed by atoms with E-state index in [1.54, 1.807) is 0 Å². The van der Waals surface area contributed by atoms with E-state index in [4.69, 9.17) is 0 Å². The Morgan fingerprint density at radius 3 is 1.30 bits per heavy atom. The smallest absolute Gasteiger partial charge is 0.0541 e. The Bertz CT molecular complexity index is 3270. The van der Waals surface area contributed by atoms with E-state index in [2.05, 4.69) is 241 Å². The van der Waals surface area contributed by atoms with Crippen LogP contribution in [0.5, 0.6) is 0 Å². The highest BCUT2D eigenvalue weighted by Gasteiger charge is 2.18. The van der Waals surface area contributed by atoms with E-state index < -0.39 is 0 Å². The van der Waals surface area contributed by atoms with E-state index >= 15 is 0 Å². The highest BCUT2D eigenvalue weighted by atomic mass is 15.1. The highest BCUT2D eigenvalue weighted by Crippen LogP contribution is 2.39. The van der Waals surface area contributed by atoms with Crippen LogP contribution < -0.4 is 4.90 Å². The molecule has 9 aromatic carbocycles. The number of aromatic nitrogens is 2. The van der Waals surface area contributed by atoms with Gasteiger partial charge in [0, 0.05) is 61.9 Å². The predicted molar refractivity (Wildman–Crippen MR) is 259 cm³/mol. The maximum absolute atomic E-state index is 2.47. The van der Waals surface area contributed by atoms with Crippen LogP contribution in [0.25, 0.3) is 71.6 Å². The average Bonchev–Trinajstić information content (AvgIpc) is 3.80. The molecular weight excluding hydrogens is 739 g/mol. The summed E-state index contributed by atoms with van der Waals surface area (Å²) in [5.41, 5.74) is 19.3. The molecule has 11 aromatic rings. The molecule has 11 rings (SSSR count). The zero-order chi connectivity index (χ0) is 41.0.